The van der Waals surface area contributed by atoms with Crippen LogP contribution in [0.5, 0.6) is 5.75 Å². The van der Waals surface area contributed by atoms with E-state index < -0.39 is 0 Å². The van der Waals surface area contributed by atoms with Crippen molar-refractivity contribution in [1.29, 1.82) is 0 Å². The summed E-state index contributed by atoms with van der Waals surface area (Å²) < 4.78 is 6.43. The lowest BCUT2D eigenvalue weighted by Crippen LogP contribution is -1.97. The highest BCUT2D eigenvalue weighted by molar-refractivity contribution is 9.10. The van der Waals surface area contributed by atoms with E-state index in [1.54, 1.807) is 6.20 Å². The van der Waals surface area contributed by atoms with E-state index in [1.165, 1.54) is 32.1 Å². The van der Waals surface area contributed by atoms with E-state index in [2.05, 4.69) is 27.8 Å². The Morgan fingerprint density at radius 1 is 1.12 bits per heavy atom. The van der Waals surface area contributed by atoms with Gasteiger partial charge in [-0.2, -0.15) is 0 Å². The van der Waals surface area contributed by atoms with Gasteiger partial charge >= 0.3 is 0 Å². The first-order chi connectivity index (χ1) is 7.83. The van der Waals surface area contributed by atoms with Crippen molar-refractivity contribution in [3.8, 4) is 5.75 Å². The molecule has 2 nitrogen and oxygen atoms in total. The van der Waals surface area contributed by atoms with Gasteiger partial charge < -0.3 is 4.74 Å². The maximum Gasteiger partial charge on any atom is 0.137 e. The van der Waals surface area contributed by atoms with Crippen LogP contribution in [0.2, 0.25) is 0 Å². The molecule has 1 rings (SSSR count). The number of rotatable bonds is 8. The second-order valence-corrected chi connectivity index (χ2v) is 4.75. The summed E-state index contributed by atoms with van der Waals surface area (Å²) in [5, 5.41) is 0. The number of unbranched alkanes of at least 4 members (excludes halogenated alkanes) is 5. The molecule has 0 aliphatic heterocycles. The summed E-state index contributed by atoms with van der Waals surface area (Å²) >= 11 is 3.30. The van der Waals surface area contributed by atoms with Crippen molar-refractivity contribution in [2.75, 3.05) is 6.61 Å². The van der Waals surface area contributed by atoms with Crippen LogP contribution in [0.4, 0.5) is 0 Å². The maximum atomic E-state index is 5.58. The first-order valence-electron chi connectivity index (χ1n) is 6.07. The molecule has 90 valence electrons. The summed E-state index contributed by atoms with van der Waals surface area (Å²) in [7, 11) is 0. The Balaban J connectivity index is 2.01. The summed E-state index contributed by atoms with van der Waals surface area (Å²) in [6.45, 7) is 3.04. The summed E-state index contributed by atoms with van der Waals surface area (Å²) in [5.74, 6) is 0.858. The molecule has 0 fully saturated rings. The number of hydrogen-bond donors (Lipinski definition) is 0. The van der Waals surface area contributed by atoms with Crippen molar-refractivity contribution in [2.24, 2.45) is 0 Å². The Bertz CT molecular complexity index is 274. The summed E-state index contributed by atoms with van der Waals surface area (Å²) in [5.41, 5.74) is 0. The molecule has 0 aromatic carbocycles. The van der Waals surface area contributed by atoms with Gasteiger partial charge in [0, 0.05) is 0 Å². The minimum Gasteiger partial charge on any atom is -0.492 e. The number of ether oxygens (including phenoxy) is 1. The molecule has 1 aromatic rings. The van der Waals surface area contributed by atoms with Gasteiger partial charge in [-0.15, -0.1) is 0 Å². The van der Waals surface area contributed by atoms with Gasteiger partial charge in [-0.25, -0.2) is 4.98 Å². The third-order valence-corrected chi connectivity index (χ3v) is 2.94. The highest BCUT2D eigenvalue weighted by Gasteiger charge is 1.95. The highest BCUT2D eigenvalue weighted by Crippen LogP contribution is 2.13. The first-order valence-corrected chi connectivity index (χ1v) is 6.86. The Morgan fingerprint density at radius 2 is 1.88 bits per heavy atom. The van der Waals surface area contributed by atoms with Gasteiger partial charge in [0.15, 0.2) is 0 Å². The standard InChI is InChI=1S/C13H20BrNO/c1-2-3-4-5-6-7-10-16-12-8-9-13(14)15-11-12/h8-9,11H,2-7,10H2,1H3. The van der Waals surface area contributed by atoms with Gasteiger partial charge in [-0.1, -0.05) is 39.0 Å². The molecule has 0 spiro atoms. The Morgan fingerprint density at radius 3 is 2.56 bits per heavy atom. The maximum absolute atomic E-state index is 5.58. The van der Waals surface area contributed by atoms with Crippen LogP contribution in [-0.4, -0.2) is 11.6 Å². The van der Waals surface area contributed by atoms with Crippen molar-refractivity contribution < 1.29 is 4.74 Å². The van der Waals surface area contributed by atoms with Crippen LogP contribution >= 0.6 is 15.9 Å². The van der Waals surface area contributed by atoms with Gasteiger partial charge in [0.05, 0.1) is 12.8 Å². The Hall–Kier alpha value is -0.570. The molecule has 0 N–H and O–H groups in total. The second kappa shape index (κ2) is 8.57. The molecule has 3 heteroatoms. The normalized spacial score (nSPS) is 10.4. The summed E-state index contributed by atoms with van der Waals surface area (Å²) in [6.07, 6.45) is 9.51. The summed E-state index contributed by atoms with van der Waals surface area (Å²) in [4.78, 5) is 4.11. The molecule has 0 aliphatic rings. The molecule has 0 saturated carbocycles. The van der Waals surface area contributed by atoms with Crippen molar-refractivity contribution in [3.63, 3.8) is 0 Å². The third kappa shape index (κ3) is 6.11. The third-order valence-electron chi connectivity index (χ3n) is 2.47. The largest absolute Gasteiger partial charge is 0.492 e. The molecule has 0 radical (unpaired) electrons. The van der Waals surface area contributed by atoms with Crippen molar-refractivity contribution in [1.82, 2.24) is 4.98 Å². The zero-order chi connectivity index (χ0) is 11.6. The van der Waals surface area contributed by atoms with E-state index in [9.17, 15) is 0 Å². The zero-order valence-electron chi connectivity index (χ0n) is 9.92. The molecule has 0 unspecified atom stereocenters. The van der Waals surface area contributed by atoms with Crippen molar-refractivity contribution in [2.45, 2.75) is 45.4 Å². The lowest BCUT2D eigenvalue weighted by molar-refractivity contribution is 0.303. The minimum atomic E-state index is 0.801. The lowest BCUT2D eigenvalue weighted by Gasteiger charge is -2.05. The molecule has 0 atom stereocenters. The van der Waals surface area contributed by atoms with Crippen LogP contribution in [0.25, 0.3) is 0 Å². The van der Waals surface area contributed by atoms with E-state index in [0.717, 1.165) is 23.4 Å². The fourth-order valence-corrected chi connectivity index (χ4v) is 1.75. The zero-order valence-corrected chi connectivity index (χ0v) is 11.5. The van der Waals surface area contributed by atoms with Crippen LogP contribution < -0.4 is 4.74 Å². The topological polar surface area (TPSA) is 22.1 Å². The Labute approximate surface area is 107 Å². The molecule has 0 amide bonds. The quantitative estimate of drug-likeness (QED) is 0.515. The average molecular weight is 286 g/mol. The van der Waals surface area contributed by atoms with Gasteiger partial charge in [-0.05, 0) is 34.5 Å². The summed E-state index contributed by atoms with van der Waals surface area (Å²) in [6, 6.07) is 3.84. The highest BCUT2D eigenvalue weighted by atomic mass is 79.9. The minimum absolute atomic E-state index is 0.801. The van der Waals surface area contributed by atoms with Crippen LogP contribution in [0.1, 0.15) is 45.4 Å². The van der Waals surface area contributed by atoms with E-state index in [0.29, 0.717) is 0 Å². The van der Waals surface area contributed by atoms with E-state index in [4.69, 9.17) is 4.74 Å². The molecule has 1 heterocycles. The smallest absolute Gasteiger partial charge is 0.137 e. The number of hydrogen-bond acceptors (Lipinski definition) is 2. The van der Waals surface area contributed by atoms with E-state index in [-0.39, 0.29) is 0 Å². The van der Waals surface area contributed by atoms with Gasteiger partial charge in [0.25, 0.3) is 0 Å². The van der Waals surface area contributed by atoms with Gasteiger partial charge in [-0.3, -0.25) is 0 Å². The van der Waals surface area contributed by atoms with Crippen molar-refractivity contribution >= 4 is 15.9 Å². The fraction of sp³-hybridized carbons (Fsp3) is 0.615. The van der Waals surface area contributed by atoms with Crippen LogP contribution in [-0.2, 0) is 0 Å². The molecule has 0 bridgehead atoms. The fourth-order valence-electron chi connectivity index (χ4n) is 1.52. The predicted octanol–water partition coefficient (Wildman–Crippen LogP) is 4.58. The monoisotopic (exact) mass is 285 g/mol. The van der Waals surface area contributed by atoms with E-state index >= 15 is 0 Å². The van der Waals surface area contributed by atoms with Gasteiger partial charge in [0.1, 0.15) is 10.4 Å². The number of aromatic nitrogens is 1. The molecular formula is C13H20BrNO. The predicted molar refractivity (Wildman–Crippen MR) is 70.8 cm³/mol. The molecule has 0 aliphatic carbocycles. The van der Waals surface area contributed by atoms with Crippen LogP contribution in [0.3, 0.4) is 0 Å². The van der Waals surface area contributed by atoms with E-state index in [1.807, 2.05) is 12.1 Å². The second-order valence-electron chi connectivity index (χ2n) is 3.93. The Kier molecular flexibility index (Phi) is 7.23. The number of pyridine rings is 1. The van der Waals surface area contributed by atoms with Gasteiger partial charge in [0.2, 0.25) is 0 Å². The molecular weight excluding hydrogens is 266 g/mol. The molecule has 0 saturated heterocycles. The lowest BCUT2D eigenvalue weighted by atomic mass is 10.1. The number of nitrogens with zero attached hydrogens (tertiary/aromatic N) is 1. The number of halogens is 1. The van der Waals surface area contributed by atoms with Crippen LogP contribution in [0.15, 0.2) is 22.9 Å². The van der Waals surface area contributed by atoms with Crippen molar-refractivity contribution in [3.05, 3.63) is 22.9 Å². The molecule has 16 heavy (non-hydrogen) atoms. The van der Waals surface area contributed by atoms with Crippen LogP contribution in [0, 0.1) is 0 Å². The SMILES string of the molecule is CCCCCCCCOc1ccc(Br)nc1. The first kappa shape index (κ1) is 13.5. The molecule has 1 aromatic heterocycles. The average Bonchev–Trinajstić information content (AvgIpc) is 2.30.